The first kappa shape index (κ1) is 16.8. The molecule has 0 aliphatic carbocycles. The van der Waals surface area contributed by atoms with Crippen molar-refractivity contribution in [1.29, 1.82) is 0 Å². The first-order chi connectivity index (χ1) is 11.4. The van der Waals surface area contributed by atoms with E-state index in [1.54, 1.807) is 43.3 Å². The van der Waals surface area contributed by atoms with Gasteiger partial charge in [-0.15, -0.1) is 5.10 Å². The molecular weight excluding hydrogens is 375 g/mol. The minimum Gasteiger partial charge on any atom is -0.382 e. The molecule has 124 valence electrons. The van der Waals surface area contributed by atoms with Gasteiger partial charge in [0, 0.05) is 20.8 Å². The quantitative estimate of drug-likeness (QED) is 0.740. The minimum absolute atomic E-state index is 0.390. The normalized spacial score (nSPS) is 12.2. The molecule has 0 aliphatic rings. The highest BCUT2D eigenvalue weighted by Gasteiger charge is 2.18. The largest absolute Gasteiger partial charge is 0.382 e. The lowest BCUT2D eigenvalue weighted by molar-refractivity contribution is -0.127. The highest BCUT2D eigenvalue weighted by atomic mass is 35.5. The van der Waals surface area contributed by atoms with Crippen molar-refractivity contribution in [1.82, 2.24) is 15.2 Å². The first-order valence-electron chi connectivity index (χ1n) is 6.87. The number of rotatable bonds is 4. The van der Waals surface area contributed by atoms with Gasteiger partial charge in [0.1, 0.15) is 11.0 Å². The van der Waals surface area contributed by atoms with E-state index < -0.39 is 6.10 Å². The molecule has 6 nitrogen and oxygen atoms in total. The number of carbonyl (C=O) groups excluding carboxylic acids is 1. The average molecular weight is 386 g/mol. The van der Waals surface area contributed by atoms with E-state index in [0.29, 0.717) is 31.8 Å². The van der Waals surface area contributed by atoms with Gasteiger partial charge in [0.25, 0.3) is 5.91 Å². The van der Waals surface area contributed by atoms with Crippen molar-refractivity contribution < 1.29 is 9.63 Å². The van der Waals surface area contributed by atoms with Crippen LogP contribution in [0, 0.1) is 0 Å². The van der Waals surface area contributed by atoms with Crippen LogP contribution in [-0.4, -0.2) is 27.2 Å². The highest BCUT2D eigenvalue weighted by molar-refractivity contribution is 6.35. The predicted molar refractivity (Wildman–Crippen MR) is 93.7 cm³/mol. The lowest BCUT2D eigenvalue weighted by Crippen LogP contribution is -2.35. The van der Waals surface area contributed by atoms with Gasteiger partial charge >= 0.3 is 0 Å². The van der Waals surface area contributed by atoms with Gasteiger partial charge in [0.2, 0.25) is 6.10 Å². The van der Waals surface area contributed by atoms with Crippen molar-refractivity contribution in [2.45, 2.75) is 13.0 Å². The fraction of sp³-hybridized carbons (Fsp3) is 0.133. The van der Waals surface area contributed by atoms with Crippen LogP contribution in [0.15, 0.2) is 36.4 Å². The summed E-state index contributed by atoms with van der Waals surface area (Å²) in [6.07, 6.45) is -0.841. The van der Waals surface area contributed by atoms with Crippen LogP contribution in [0.25, 0.3) is 11.0 Å². The van der Waals surface area contributed by atoms with E-state index in [0.717, 1.165) is 4.85 Å². The van der Waals surface area contributed by atoms with Crippen LogP contribution < -0.4 is 10.2 Å². The Labute approximate surface area is 152 Å². The van der Waals surface area contributed by atoms with Crippen LogP contribution in [-0.2, 0) is 4.79 Å². The van der Waals surface area contributed by atoms with Gasteiger partial charge in [-0.1, -0.05) is 39.6 Å². The zero-order valence-electron chi connectivity index (χ0n) is 12.3. The number of hydrogen-bond acceptors (Lipinski definition) is 4. The Hall–Kier alpha value is -2.02. The van der Waals surface area contributed by atoms with E-state index in [9.17, 15) is 4.79 Å². The number of fused-ring (bicyclic) bond motifs is 1. The van der Waals surface area contributed by atoms with Gasteiger partial charge in [-0.3, -0.25) is 4.79 Å². The molecule has 24 heavy (non-hydrogen) atoms. The topological polar surface area (TPSA) is 69.0 Å². The predicted octanol–water partition coefficient (Wildman–Crippen LogP) is 3.85. The maximum atomic E-state index is 12.3. The summed E-state index contributed by atoms with van der Waals surface area (Å²) >= 11 is 17.8. The van der Waals surface area contributed by atoms with Gasteiger partial charge in [0.05, 0.1) is 0 Å². The zero-order valence-corrected chi connectivity index (χ0v) is 14.6. The second-order valence-electron chi connectivity index (χ2n) is 4.99. The molecule has 0 radical (unpaired) electrons. The molecule has 0 aliphatic heterocycles. The Bertz CT molecular complexity index is 893. The molecule has 0 bridgehead atoms. The summed E-state index contributed by atoms with van der Waals surface area (Å²) in [7, 11) is 0. The smallest absolute Gasteiger partial charge is 0.267 e. The summed E-state index contributed by atoms with van der Waals surface area (Å²) in [5.41, 5.74) is 1.64. The third-order valence-electron chi connectivity index (χ3n) is 3.13. The van der Waals surface area contributed by atoms with Crippen molar-refractivity contribution >= 4 is 57.4 Å². The van der Waals surface area contributed by atoms with Crippen molar-refractivity contribution in [3.8, 4) is 0 Å². The molecule has 3 rings (SSSR count). The lowest BCUT2D eigenvalue weighted by Gasteiger charge is -2.14. The third-order valence-corrected chi connectivity index (χ3v) is 3.81. The van der Waals surface area contributed by atoms with E-state index in [2.05, 4.69) is 15.6 Å². The fourth-order valence-electron chi connectivity index (χ4n) is 2.02. The van der Waals surface area contributed by atoms with Gasteiger partial charge in [-0.25, -0.2) is 0 Å². The molecule has 3 aromatic rings. The van der Waals surface area contributed by atoms with Crippen LogP contribution in [0.4, 0.5) is 5.69 Å². The van der Waals surface area contributed by atoms with Gasteiger partial charge < -0.3 is 10.2 Å². The van der Waals surface area contributed by atoms with Gasteiger partial charge in [-0.05, 0) is 48.5 Å². The van der Waals surface area contributed by atoms with E-state index in [1.165, 1.54) is 0 Å². The number of amides is 1. The van der Waals surface area contributed by atoms with E-state index in [-0.39, 0.29) is 5.91 Å². The number of hydrogen-bond donors (Lipinski definition) is 1. The summed E-state index contributed by atoms with van der Waals surface area (Å²) in [5, 5.41) is 11.8. The highest BCUT2D eigenvalue weighted by Crippen LogP contribution is 2.22. The van der Waals surface area contributed by atoms with Crippen LogP contribution in [0.3, 0.4) is 0 Å². The Morgan fingerprint density at radius 1 is 1.12 bits per heavy atom. The number of nitrogens with zero attached hydrogens (tertiary/aromatic N) is 3. The van der Waals surface area contributed by atoms with Crippen molar-refractivity contribution in [2.75, 3.05) is 5.32 Å². The molecule has 0 saturated carbocycles. The fourth-order valence-corrected chi connectivity index (χ4v) is 2.71. The summed E-state index contributed by atoms with van der Waals surface area (Å²) in [5.74, 6) is -0.390. The molecule has 9 heteroatoms. The van der Waals surface area contributed by atoms with E-state index in [4.69, 9.17) is 39.6 Å². The maximum Gasteiger partial charge on any atom is 0.267 e. The van der Waals surface area contributed by atoms with Crippen molar-refractivity contribution in [2.24, 2.45) is 0 Å². The molecule has 0 saturated heterocycles. The summed E-state index contributed by atoms with van der Waals surface area (Å²) in [6.45, 7) is 1.58. The Balaban J connectivity index is 1.74. The van der Waals surface area contributed by atoms with Crippen LogP contribution in [0.5, 0.6) is 0 Å². The number of carbonyl (C=O) groups is 1. The van der Waals surface area contributed by atoms with Crippen molar-refractivity contribution in [3.05, 3.63) is 51.5 Å². The van der Waals surface area contributed by atoms with Crippen molar-refractivity contribution in [3.63, 3.8) is 0 Å². The summed E-state index contributed by atoms with van der Waals surface area (Å²) < 4.78 is 0. The van der Waals surface area contributed by atoms with Crippen LogP contribution in [0.1, 0.15) is 6.92 Å². The number of aromatic nitrogens is 3. The molecule has 0 spiro atoms. The molecular formula is C15H11Cl3N4O2. The SMILES string of the molecule is CC(On1nnc2ccc(Cl)cc21)C(=O)Nc1cc(Cl)cc(Cl)c1. The van der Waals surface area contributed by atoms with E-state index >= 15 is 0 Å². The standard InChI is InChI=1S/C15H11Cl3N4O2/c1-8(15(23)19-12-5-10(17)4-11(18)6-12)24-22-14-7-9(16)2-3-13(14)20-21-22/h2-8H,1H3,(H,19,23). The molecule has 2 aromatic carbocycles. The molecule has 1 aromatic heterocycles. The summed E-state index contributed by atoms with van der Waals surface area (Å²) in [4.78, 5) is 18.9. The zero-order chi connectivity index (χ0) is 17.3. The third kappa shape index (κ3) is 3.72. The first-order valence-corrected chi connectivity index (χ1v) is 8.01. The molecule has 1 unspecified atom stereocenters. The average Bonchev–Trinajstić information content (AvgIpc) is 2.88. The summed E-state index contributed by atoms with van der Waals surface area (Å²) in [6, 6.07) is 9.80. The Kier molecular flexibility index (Phi) is 4.80. The monoisotopic (exact) mass is 384 g/mol. The van der Waals surface area contributed by atoms with Crippen LogP contribution in [0.2, 0.25) is 15.1 Å². The Morgan fingerprint density at radius 3 is 2.54 bits per heavy atom. The number of nitrogens with one attached hydrogen (secondary N) is 1. The second-order valence-corrected chi connectivity index (χ2v) is 6.30. The van der Waals surface area contributed by atoms with E-state index in [1.807, 2.05) is 0 Å². The minimum atomic E-state index is -0.841. The lowest BCUT2D eigenvalue weighted by atomic mass is 10.3. The Morgan fingerprint density at radius 2 is 1.83 bits per heavy atom. The molecule has 0 fully saturated rings. The molecule has 1 amide bonds. The number of benzene rings is 2. The van der Waals surface area contributed by atoms with Gasteiger partial charge in [-0.2, -0.15) is 0 Å². The second kappa shape index (κ2) is 6.84. The molecule has 1 heterocycles. The molecule has 1 atom stereocenters. The van der Waals surface area contributed by atoms with Gasteiger partial charge in [0.15, 0.2) is 0 Å². The number of anilines is 1. The molecule has 1 N–H and O–H groups in total. The number of halogens is 3. The van der Waals surface area contributed by atoms with Crippen LogP contribution >= 0.6 is 34.8 Å². The maximum absolute atomic E-state index is 12.3.